The fourth-order valence-electron chi connectivity index (χ4n) is 1.77. The Labute approximate surface area is 106 Å². The van der Waals surface area contributed by atoms with Crippen molar-refractivity contribution in [3.63, 3.8) is 0 Å². The molecule has 1 heterocycles. The topological polar surface area (TPSA) is 55.8 Å². The zero-order valence-electron chi connectivity index (χ0n) is 9.74. The summed E-state index contributed by atoms with van der Waals surface area (Å²) in [5.74, 6) is -1.78. The number of carbonyl (C=O) groups is 1. The van der Waals surface area contributed by atoms with E-state index in [2.05, 4.69) is 0 Å². The Morgan fingerprint density at radius 2 is 2.16 bits per heavy atom. The Bertz CT molecular complexity index is 478. The average Bonchev–Trinajstić information content (AvgIpc) is 2.80. The highest BCUT2D eigenvalue weighted by Gasteiger charge is 2.36. The number of rotatable bonds is 3. The molecule has 0 spiro atoms. The van der Waals surface area contributed by atoms with Gasteiger partial charge in [0.25, 0.3) is 0 Å². The number of alkyl halides is 3. The van der Waals surface area contributed by atoms with Crippen molar-refractivity contribution in [2.75, 3.05) is 13.2 Å². The Kier molecular flexibility index (Phi) is 3.66. The van der Waals surface area contributed by atoms with Crippen molar-refractivity contribution in [2.45, 2.75) is 18.7 Å². The van der Waals surface area contributed by atoms with Crippen molar-refractivity contribution < 1.29 is 32.5 Å². The van der Waals surface area contributed by atoms with E-state index in [-0.39, 0.29) is 12.4 Å². The highest BCUT2D eigenvalue weighted by Crippen LogP contribution is 2.37. The SMILES string of the molecule is O=C(O)c1ccc(OC2CCOC2)c(C(F)(F)F)c1. The molecule has 1 aliphatic rings. The monoisotopic (exact) mass is 276 g/mol. The number of aromatic carboxylic acids is 1. The van der Waals surface area contributed by atoms with E-state index in [0.29, 0.717) is 19.1 Å². The van der Waals surface area contributed by atoms with Crippen LogP contribution in [-0.2, 0) is 10.9 Å². The van der Waals surface area contributed by atoms with Gasteiger partial charge in [0.1, 0.15) is 11.9 Å². The van der Waals surface area contributed by atoms with E-state index in [1.165, 1.54) is 0 Å². The predicted octanol–water partition coefficient (Wildman–Crippen LogP) is 2.57. The van der Waals surface area contributed by atoms with Gasteiger partial charge in [0, 0.05) is 6.42 Å². The van der Waals surface area contributed by atoms with Crippen LogP contribution in [0.2, 0.25) is 0 Å². The molecular formula is C12H11F3O4. The second-order valence-corrected chi connectivity index (χ2v) is 4.12. The standard InChI is InChI=1S/C12H11F3O4/c13-12(14,15)9-5-7(11(16)17)1-2-10(9)19-8-3-4-18-6-8/h1-2,5,8H,3-4,6H2,(H,16,17). The Hall–Kier alpha value is -1.76. The molecule has 1 aromatic carbocycles. The summed E-state index contributed by atoms with van der Waals surface area (Å²) in [5.41, 5.74) is -1.51. The molecule has 2 rings (SSSR count). The zero-order chi connectivity index (χ0) is 14.0. The number of benzene rings is 1. The van der Waals surface area contributed by atoms with E-state index in [1.807, 2.05) is 0 Å². The van der Waals surface area contributed by atoms with Gasteiger partial charge in [-0.05, 0) is 18.2 Å². The van der Waals surface area contributed by atoms with Crippen LogP contribution < -0.4 is 4.74 Å². The summed E-state index contributed by atoms with van der Waals surface area (Å²) in [4.78, 5) is 10.7. The molecule has 1 unspecified atom stereocenters. The maximum Gasteiger partial charge on any atom is 0.419 e. The van der Waals surface area contributed by atoms with Crippen molar-refractivity contribution in [1.29, 1.82) is 0 Å². The lowest BCUT2D eigenvalue weighted by Gasteiger charge is -2.17. The summed E-state index contributed by atoms with van der Waals surface area (Å²) in [5, 5.41) is 8.72. The molecule has 0 aliphatic carbocycles. The summed E-state index contributed by atoms with van der Waals surface area (Å²) < 4.78 is 48.8. The molecule has 4 nitrogen and oxygen atoms in total. The summed E-state index contributed by atoms with van der Waals surface area (Å²) in [6, 6.07) is 2.70. The molecule has 0 saturated carbocycles. The van der Waals surface area contributed by atoms with E-state index in [1.54, 1.807) is 0 Å². The van der Waals surface area contributed by atoms with E-state index in [0.717, 1.165) is 12.1 Å². The Morgan fingerprint density at radius 3 is 2.68 bits per heavy atom. The van der Waals surface area contributed by atoms with Gasteiger partial charge in [-0.15, -0.1) is 0 Å². The lowest BCUT2D eigenvalue weighted by Crippen LogP contribution is -2.19. The van der Waals surface area contributed by atoms with Gasteiger partial charge in [0.2, 0.25) is 0 Å². The van der Waals surface area contributed by atoms with Crippen molar-refractivity contribution in [3.8, 4) is 5.75 Å². The van der Waals surface area contributed by atoms with Crippen LogP contribution in [0.25, 0.3) is 0 Å². The van der Waals surface area contributed by atoms with Crippen LogP contribution in [0, 0.1) is 0 Å². The molecule has 1 aromatic rings. The first kappa shape index (κ1) is 13.7. The van der Waals surface area contributed by atoms with Crippen LogP contribution in [0.1, 0.15) is 22.3 Å². The molecule has 0 bridgehead atoms. The predicted molar refractivity (Wildman–Crippen MR) is 58.3 cm³/mol. The second kappa shape index (κ2) is 5.08. The van der Waals surface area contributed by atoms with Gasteiger partial charge in [-0.1, -0.05) is 0 Å². The van der Waals surface area contributed by atoms with Crippen LogP contribution in [0.15, 0.2) is 18.2 Å². The lowest BCUT2D eigenvalue weighted by atomic mass is 10.1. The molecule has 104 valence electrons. The van der Waals surface area contributed by atoms with Gasteiger partial charge in [-0.3, -0.25) is 0 Å². The van der Waals surface area contributed by atoms with Crippen molar-refractivity contribution >= 4 is 5.97 Å². The molecular weight excluding hydrogens is 265 g/mol. The van der Waals surface area contributed by atoms with Crippen LogP contribution in [-0.4, -0.2) is 30.4 Å². The molecule has 0 radical (unpaired) electrons. The summed E-state index contributed by atoms with van der Waals surface area (Å²) in [7, 11) is 0. The second-order valence-electron chi connectivity index (χ2n) is 4.12. The molecule has 1 aliphatic heterocycles. The van der Waals surface area contributed by atoms with Gasteiger partial charge in [0.05, 0.1) is 24.3 Å². The molecule has 1 N–H and O–H groups in total. The first-order chi connectivity index (χ1) is 8.88. The van der Waals surface area contributed by atoms with Gasteiger partial charge in [-0.25, -0.2) is 4.79 Å². The lowest BCUT2D eigenvalue weighted by molar-refractivity contribution is -0.139. The van der Waals surface area contributed by atoms with E-state index in [4.69, 9.17) is 14.6 Å². The highest BCUT2D eigenvalue weighted by molar-refractivity contribution is 5.88. The number of carboxylic acids is 1. The van der Waals surface area contributed by atoms with Crippen LogP contribution in [0.4, 0.5) is 13.2 Å². The van der Waals surface area contributed by atoms with Crippen LogP contribution in [0.3, 0.4) is 0 Å². The molecule has 19 heavy (non-hydrogen) atoms. The summed E-state index contributed by atoms with van der Waals surface area (Å²) in [6.07, 6.45) is -4.59. The van der Waals surface area contributed by atoms with E-state index >= 15 is 0 Å². The normalized spacial score (nSPS) is 19.4. The molecule has 1 saturated heterocycles. The zero-order valence-corrected chi connectivity index (χ0v) is 9.74. The number of carboxylic acid groups (broad SMARTS) is 1. The fraction of sp³-hybridized carbons (Fsp3) is 0.417. The number of hydrogen-bond acceptors (Lipinski definition) is 3. The molecule has 1 fully saturated rings. The minimum Gasteiger partial charge on any atom is -0.487 e. The average molecular weight is 276 g/mol. The third kappa shape index (κ3) is 3.17. The largest absolute Gasteiger partial charge is 0.487 e. The molecule has 0 amide bonds. The van der Waals surface area contributed by atoms with E-state index < -0.39 is 29.4 Å². The maximum atomic E-state index is 12.9. The fourth-order valence-corrected chi connectivity index (χ4v) is 1.77. The summed E-state index contributed by atoms with van der Waals surface area (Å²) >= 11 is 0. The number of hydrogen-bond donors (Lipinski definition) is 1. The van der Waals surface area contributed by atoms with Crippen molar-refractivity contribution in [1.82, 2.24) is 0 Å². The van der Waals surface area contributed by atoms with Gasteiger partial charge < -0.3 is 14.6 Å². The highest BCUT2D eigenvalue weighted by atomic mass is 19.4. The van der Waals surface area contributed by atoms with Gasteiger partial charge in [0.15, 0.2) is 0 Å². The molecule has 1 atom stereocenters. The number of ether oxygens (including phenoxy) is 2. The number of halogens is 3. The smallest absolute Gasteiger partial charge is 0.419 e. The minimum atomic E-state index is -4.67. The third-order valence-electron chi connectivity index (χ3n) is 2.71. The minimum absolute atomic E-state index is 0.234. The third-order valence-corrected chi connectivity index (χ3v) is 2.71. The first-order valence-corrected chi connectivity index (χ1v) is 5.57. The van der Waals surface area contributed by atoms with Crippen LogP contribution >= 0.6 is 0 Å². The quantitative estimate of drug-likeness (QED) is 0.921. The van der Waals surface area contributed by atoms with Crippen molar-refractivity contribution in [3.05, 3.63) is 29.3 Å². The van der Waals surface area contributed by atoms with Crippen molar-refractivity contribution in [2.24, 2.45) is 0 Å². The molecule has 0 aromatic heterocycles. The molecule has 7 heteroatoms. The van der Waals surface area contributed by atoms with Gasteiger partial charge in [-0.2, -0.15) is 13.2 Å². The van der Waals surface area contributed by atoms with E-state index in [9.17, 15) is 18.0 Å². The van der Waals surface area contributed by atoms with Crippen LogP contribution in [0.5, 0.6) is 5.75 Å². The Balaban J connectivity index is 2.33. The maximum absolute atomic E-state index is 12.9. The van der Waals surface area contributed by atoms with Gasteiger partial charge >= 0.3 is 12.1 Å². The first-order valence-electron chi connectivity index (χ1n) is 5.57. The summed E-state index contributed by atoms with van der Waals surface area (Å²) in [6.45, 7) is 0.678. The Morgan fingerprint density at radius 1 is 1.42 bits per heavy atom.